The molecule has 0 amide bonds. The Bertz CT molecular complexity index is 1220. The van der Waals surface area contributed by atoms with Crippen LogP contribution in [0.3, 0.4) is 0 Å². The van der Waals surface area contributed by atoms with E-state index in [1.165, 1.54) is 18.9 Å². The molecule has 3 aromatic rings. The number of hydrogen-bond acceptors (Lipinski definition) is 9. The van der Waals surface area contributed by atoms with Crippen LogP contribution in [0.4, 0.5) is 5.95 Å². The van der Waals surface area contributed by atoms with E-state index in [-0.39, 0.29) is 23.0 Å². The topological polar surface area (TPSA) is 117 Å². The van der Waals surface area contributed by atoms with E-state index in [4.69, 9.17) is 14.2 Å². The lowest BCUT2D eigenvalue weighted by Gasteiger charge is -2.29. The molecule has 164 valence electrons. The Labute approximate surface area is 183 Å². The molecule has 0 fully saturated rings. The predicted octanol–water partition coefficient (Wildman–Crippen LogP) is 2.32. The molecule has 0 aliphatic carbocycles. The molecule has 1 aromatic heterocycles. The molecule has 0 radical (unpaired) electrons. The van der Waals surface area contributed by atoms with Gasteiger partial charge in [0.05, 0.1) is 26.9 Å². The van der Waals surface area contributed by atoms with Crippen molar-refractivity contribution >= 4 is 17.7 Å². The number of rotatable bonds is 6. The van der Waals surface area contributed by atoms with E-state index in [1.54, 1.807) is 37.4 Å². The summed E-state index contributed by atoms with van der Waals surface area (Å²) in [5, 5.41) is 14.6. The molecular weight excluding hydrogens is 414 g/mol. The van der Waals surface area contributed by atoms with Crippen LogP contribution in [-0.4, -0.2) is 53.3 Å². The SMILES string of the molecule is COC(=O)C1=C(C(=O)c2ccc(C)cc2)[C@@H](c2ccc(OC)cc2OC)n2nnnc2N1. The van der Waals surface area contributed by atoms with Gasteiger partial charge in [0.1, 0.15) is 23.2 Å². The molecule has 10 heteroatoms. The molecule has 0 saturated carbocycles. The van der Waals surface area contributed by atoms with Gasteiger partial charge in [0.25, 0.3) is 0 Å². The number of nitrogens with one attached hydrogen (secondary N) is 1. The van der Waals surface area contributed by atoms with Crippen molar-refractivity contribution in [1.29, 1.82) is 0 Å². The van der Waals surface area contributed by atoms with Crippen LogP contribution in [0.5, 0.6) is 11.5 Å². The van der Waals surface area contributed by atoms with Crippen molar-refractivity contribution in [2.24, 2.45) is 0 Å². The van der Waals surface area contributed by atoms with Crippen molar-refractivity contribution in [3.05, 3.63) is 70.4 Å². The van der Waals surface area contributed by atoms with Gasteiger partial charge in [-0.05, 0) is 29.5 Å². The molecule has 0 saturated heterocycles. The maximum atomic E-state index is 13.7. The first-order chi connectivity index (χ1) is 15.5. The van der Waals surface area contributed by atoms with Gasteiger partial charge in [-0.25, -0.2) is 4.79 Å². The fourth-order valence-electron chi connectivity index (χ4n) is 3.58. The third-order valence-corrected chi connectivity index (χ3v) is 5.20. The first kappa shape index (κ1) is 21.0. The number of methoxy groups -OCH3 is 3. The Hall–Kier alpha value is -4.21. The van der Waals surface area contributed by atoms with Crippen molar-refractivity contribution < 1.29 is 23.8 Å². The number of tetrazole rings is 1. The third kappa shape index (κ3) is 3.55. The molecule has 1 atom stereocenters. The third-order valence-electron chi connectivity index (χ3n) is 5.20. The number of benzene rings is 2. The van der Waals surface area contributed by atoms with Gasteiger partial charge in [-0.15, -0.1) is 0 Å². The van der Waals surface area contributed by atoms with E-state index in [2.05, 4.69) is 20.8 Å². The van der Waals surface area contributed by atoms with Crippen LogP contribution < -0.4 is 14.8 Å². The van der Waals surface area contributed by atoms with Crippen LogP contribution in [-0.2, 0) is 9.53 Å². The summed E-state index contributed by atoms with van der Waals surface area (Å²) in [4.78, 5) is 26.4. The second-order valence-corrected chi connectivity index (χ2v) is 7.06. The largest absolute Gasteiger partial charge is 0.497 e. The molecule has 0 spiro atoms. The molecule has 32 heavy (non-hydrogen) atoms. The maximum absolute atomic E-state index is 13.7. The zero-order valence-electron chi connectivity index (χ0n) is 17.9. The number of Topliss-reactive ketones (excluding diaryl/α,β-unsaturated/α-hetero) is 1. The summed E-state index contributed by atoms with van der Waals surface area (Å²) in [5.74, 6) is 0.110. The molecule has 1 N–H and O–H groups in total. The number of anilines is 1. The van der Waals surface area contributed by atoms with Crippen molar-refractivity contribution in [3.8, 4) is 11.5 Å². The molecule has 0 unspecified atom stereocenters. The summed E-state index contributed by atoms with van der Waals surface area (Å²) >= 11 is 0. The van der Waals surface area contributed by atoms with Crippen LogP contribution in [0.2, 0.25) is 0 Å². The summed E-state index contributed by atoms with van der Waals surface area (Å²) in [6.45, 7) is 1.92. The second-order valence-electron chi connectivity index (χ2n) is 7.06. The predicted molar refractivity (Wildman–Crippen MR) is 114 cm³/mol. The van der Waals surface area contributed by atoms with Gasteiger partial charge in [-0.3, -0.25) is 4.79 Å². The number of carbonyl (C=O) groups excluding carboxylic acids is 2. The quantitative estimate of drug-likeness (QED) is 0.460. The fourth-order valence-corrected chi connectivity index (χ4v) is 3.58. The average molecular weight is 435 g/mol. The Morgan fingerprint density at radius 2 is 1.78 bits per heavy atom. The summed E-state index contributed by atoms with van der Waals surface area (Å²) in [7, 11) is 4.29. The van der Waals surface area contributed by atoms with Gasteiger partial charge >= 0.3 is 5.97 Å². The van der Waals surface area contributed by atoms with E-state index in [1.807, 2.05) is 19.1 Å². The van der Waals surface area contributed by atoms with Gasteiger partial charge in [-0.1, -0.05) is 34.9 Å². The second kappa shape index (κ2) is 8.50. The standard InChI is InChI=1S/C22H21N5O5/c1-12-5-7-13(8-6-12)20(28)17-18(21(29)32-4)23-22-24-25-26-27(22)19(17)15-10-9-14(30-2)11-16(15)31-3/h5-11,19H,1-4H3,(H,23,24,26)/t19-/m1/s1. The normalized spacial score (nSPS) is 14.9. The zero-order valence-corrected chi connectivity index (χ0v) is 17.9. The number of ether oxygens (including phenoxy) is 3. The smallest absolute Gasteiger partial charge is 0.355 e. The molecular formula is C22H21N5O5. The highest BCUT2D eigenvalue weighted by Gasteiger charge is 2.39. The molecule has 1 aliphatic rings. The van der Waals surface area contributed by atoms with Gasteiger partial charge in [-0.2, -0.15) is 4.68 Å². The number of esters is 1. The summed E-state index contributed by atoms with van der Waals surface area (Å²) in [6, 6.07) is 11.4. The van der Waals surface area contributed by atoms with Crippen molar-refractivity contribution in [3.63, 3.8) is 0 Å². The van der Waals surface area contributed by atoms with Gasteiger partial charge in [0, 0.05) is 17.2 Å². The van der Waals surface area contributed by atoms with Crippen LogP contribution in [0.1, 0.15) is 27.5 Å². The lowest BCUT2D eigenvalue weighted by Crippen LogP contribution is -2.33. The number of aryl methyl sites for hydroxylation is 1. The summed E-state index contributed by atoms with van der Waals surface area (Å²) < 4.78 is 17.2. The van der Waals surface area contributed by atoms with E-state index in [0.717, 1.165) is 5.56 Å². The maximum Gasteiger partial charge on any atom is 0.355 e. The van der Waals surface area contributed by atoms with Crippen molar-refractivity contribution in [1.82, 2.24) is 20.2 Å². The van der Waals surface area contributed by atoms with Gasteiger partial charge in [0.15, 0.2) is 5.78 Å². The first-order valence-corrected chi connectivity index (χ1v) is 9.69. The fraction of sp³-hybridized carbons (Fsp3) is 0.227. The lowest BCUT2D eigenvalue weighted by atomic mass is 9.88. The highest BCUT2D eigenvalue weighted by molar-refractivity contribution is 6.15. The van der Waals surface area contributed by atoms with E-state index < -0.39 is 12.0 Å². The van der Waals surface area contributed by atoms with Crippen LogP contribution >= 0.6 is 0 Å². The number of carbonyl (C=O) groups is 2. The lowest BCUT2D eigenvalue weighted by molar-refractivity contribution is -0.136. The van der Waals surface area contributed by atoms with Gasteiger partial charge < -0.3 is 19.5 Å². The number of allylic oxidation sites excluding steroid dienone is 1. The highest BCUT2D eigenvalue weighted by atomic mass is 16.5. The van der Waals surface area contributed by atoms with Crippen LogP contribution in [0, 0.1) is 6.92 Å². The Morgan fingerprint density at radius 3 is 2.44 bits per heavy atom. The molecule has 10 nitrogen and oxygen atoms in total. The summed E-state index contributed by atoms with van der Waals surface area (Å²) in [5.41, 5.74) is 2.07. The number of nitrogens with zero attached hydrogens (tertiary/aromatic N) is 4. The Morgan fingerprint density at radius 1 is 1.03 bits per heavy atom. The van der Waals surface area contributed by atoms with Crippen molar-refractivity contribution in [2.45, 2.75) is 13.0 Å². The molecule has 2 heterocycles. The number of aromatic nitrogens is 4. The number of hydrogen-bond donors (Lipinski definition) is 1. The zero-order chi connectivity index (χ0) is 22.8. The van der Waals surface area contributed by atoms with Gasteiger partial charge in [0.2, 0.25) is 5.95 Å². The molecule has 2 aromatic carbocycles. The van der Waals surface area contributed by atoms with Crippen molar-refractivity contribution in [2.75, 3.05) is 26.6 Å². The minimum Gasteiger partial charge on any atom is -0.497 e. The highest BCUT2D eigenvalue weighted by Crippen LogP contribution is 2.41. The Kier molecular flexibility index (Phi) is 5.59. The minimum absolute atomic E-state index is 0.0387. The summed E-state index contributed by atoms with van der Waals surface area (Å²) in [6.07, 6.45) is 0. The van der Waals surface area contributed by atoms with Crippen LogP contribution in [0.25, 0.3) is 0 Å². The van der Waals surface area contributed by atoms with Crippen LogP contribution in [0.15, 0.2) is 53.7 Å². The first-order valence-electron chi connectivity index (χ1n) is 9.69. The molecule has 0 bridgehead atoms. The van der Waals surface area contributed by atoms with E-state index >= 15 is 0 Å². The number of fused-ring (bicyclic) bond motifs is 1. The number of ketones is 1. The van der Waals surface area contributed by atoms with E-state index in [0.29, 0.717) is 22.6 Å². The van der Waals surface area contributed by atoms with E-state index in [9.17, 15) is 9.59 Å². The Balaban J connectivity index is 1.98. The molecule has 1 aliphatic heterocycles. The minimum atomic E-state index is -0.856. The monoisotopic (exact) mass is 435 g/mol. The molecule has 4 rings (SSSR count). The average Bonchev–Trinajstić information content (AvgIpc) is 3.30.